The first kappa shape index (κ1) is 14.7. The average Bonchev–Trinajstić information content (AvgIpc) is 2.40. The number of nitrogens with zero attached hydrogens (tertiary/aromatic N) is 2. The van der Waals surface area contributed by atoms with Crippen LogP contribution in [0.5, 0.6) is 0 Å². The zero-order valence-electron chi connectivity index (χ0n) is 8.92. The van der Waals surface area contributed by atoms with Crippen molar-refractivity contribution in [3.05, 3.63) is 17.0 Å². The van der Waals surface area contributed by atoms with Gasteiger partial charge in [0.1, 0.15) is 5.56 Å². The van der Waals surface area contributed by atoms with Gasteiger partial charge in [-0.15, -0.1) is 0 Å². The zero-order chi connectivity index (χ0) is 14.5. The summed E-state index contributed by atoms with van der Waals surface area (Å²) in [5, 5.41) is 2.64. The standard InChI is InChI=1S/C8H6F8N2/c1-3-4(7(11,12)13)5(17-18(3)2)6(9,10)8(14,15)16/h1-2H3. The predicted molar refractivity (Wildman–Crippen MR) is 42.9 cm³/mol. The van der Waals surface area contributed by atoms with Gasteiger partial charge in [-0.3, -0.25) is 4.68 Å². The Balaban J connectivity index is 3.58. The third kappa shape index (κ3) is 2.15. The second-order valence-electron chi connectivity index (χ2n) is 3.50. The minimum absolute atomic E-state index is 0.331. The van der Waals surface area contributed by atoms with Crippen molar-refractivity contribution in [2.24, 2.45) is 7.05 Å². The Labute approximate surface area is 95.2 Å². The Bertz CT molecular complexity index is 453. The number of hydrogen-bond donors (Lipinski definition) is 0. The van der Waals surface area contributed by atoms with Gasteiger partial charge in [-0.25, -0.2) is 0 Å². The lowest BCUT2D eigenvalue weighted by Gasteiger charge is -2.19. The van der Waals surface area contributed by atoms with Crippen molar-refractivity contribution < 1.29 is 35.1 Å². The molecule has 0 saturated heterocycles. The second-order valence-corrected chi connectivity index (χ2v) is 3.50. The van der Waals surface area contributed by atoms with Crippen molar-refractivity contribution in [1.82, 2.24) is 9.78 Å². The van der Waals surface area contributed by atoms with Gasteiger partial charge in [0.2, 0.25) is 0 Å². The van der Waals surface area contributed by atoms with Crippen LogP contribution in [0.3, 0.4) is 0 Å². The van der Waals surface area contributed by atoms with Crippen molar-refractivity contribution >= 4 is 0 Å². The molecule has 0 bridgehead atoms. The predicted octanol–water partition coefficient (Wildman–Crippen LogP) is 3.40. The molecule has 0 atom stereocenters. The van der Waals surface area contributed by atoms with Gasteiger partial charge < -0.3 is 0 Å². The highest BCUT2D eigenvalue weighted by Crippen LogP contribution is 2.48. The first-order valence-electron chi connectivity index (χ1n) is 4.36. The normalized spacial score (nSPS) is 14.1. The summed E-state index contributed by atoms with van der Waals surface area (Å²) in [5.74, 6) is -5.66. The quantitative estimate of drug-likeness (QED) is 0.722. The Kier molecular flexibility index (Phi) is 3.12. The van der Waals surface area contributed by atoms with Crippen molar-refractivity contribution in [2.45, 2.75) is 25.2 Å². The van der Waals surface area contributed by atoms with Crippen molar-refractivity contribution in [1.29, 1.82) is 0 Å². The average molecular weight is 282 g/mol. The van der Waals surface area contributed by atoms with E-state index in [0.29, 0.717) is 4.68 Å². The summed E-state index contributed by atoms with van der Waals surface area (Å²) in [6.45, 7) is 0.756. The Morgan fingerprint density at radius 1 is 0.944 bits per heavy atom. The third-order valence-corrected chi connectivity index (χ3v) is 2.27. The van der Waals surface area contributed by atoms with Crippen LogP contribution in [0.2, 0.25) is 0 Å². The molecule has 0 spiro atoms. The molecule has 2 nitrogen and oxygen atoms in total. The lowest BCUT2D eigenvalue weighted by Crippen LogP contribution is -2.36. The van der Waals surface area contributed by atoms with Crippen molar-refractivity contribution in [3.8, 4) is 0 Å². The second kappa shape index (κ2) is 3.82. The first-order valence-corrected chi connectivity index (χ1v) is 4.36. The van der Waals surface area contributed by atoms with Crippen LogP contribution in [0.4, 0.5) is 35.1 Å². The van der Waals surface area contributed by atoms with Crippen LogP contribution in [0.25, 0.3) is 0 Å². The SMILES string of the molecule is Cc1c(C(F)(F)F)c(C(F)(F)C(F)(F)F)nn1C. The van der Waals surface area contributed by atoms with E-state index in [-0.39, 0.29) is 0 Å². The van der Waals surface area contributed by atoms with Crippen LogP contribution in [0.15, 0.2) is 0 Å². The highest BCUT2D eigenvalue weighted by atomic mass is 19.4. The fourth-order valence-electron chi connectivity index (χ4n) is 1.30. The van der Waals surface area contributed by atoms with E-state index in [0.717, 1.165) is 14.0 Å². The first-order chi connectivity index (χ1) is 7.80. The summed E-state index contributed by atoms with van der Waals surface area (Å²) in [7, 11) is 0.848. The molecule has 0 aromatic carbocycles. The largest absolute Gasteiger partial charge is 0.459 e. The zero-order valence-corrected chi connectivity index (χ0v) is 8.92. The molecule has 0 fully saturated rings. The monoisotopic (exact) mass is 282 g/mol. The van der Waals surface area contributed by atoms with E-state index in [1.807, 2.05) is 0 Å². The van der Waals surface area contributed by atoms with Gasteiger partial charge in [0, 0.05) is 12.7 Å². The van der Waals surface area contributed by atoms with Crippen molar-refractivity contribution in [3.63, 3.8) is 0 Å². The van der Waals surface area contributed by atoms with E-state index in [9.17, 15) is 35.1 Å². The Morgan fingerprint density at radius 3 is 1.72 bits per heavy atom. The van der Waals surface area contributed by atoms with E-state index in [1.54, 1.807) is 0 Å². The molecule has 0 N–H and O–H groups in total. The summed E-state index contributed by atoms with van der Waals surface area (Å²) in [5.41, 5.74) is -5.21. The van der Waals surface area contributed by atoms with Crippen LogP contribution < -0.4 is 0 Å². The summed E-state index contributed by atoms with van der Waals surface area (Å²) in [4.78, 5) is 0. The molecule has 18 heavy (non-hydrogen) atoms. The van der Waals surface area contributed by atoms with E-state index in [1.165, 1.54) is 0 Å². The minimum Gasteiger partial charge on any atom is -0.272 e. The fourth-order valence-corrected chi connectivity index (χ4v) is 1.30. The number of aryl methyl sites for hydroxylation is 1. The van der Waals surface area contributed by atoms with Gasteiger partial charge >= 0.3 is 18.3 Å². The topological polar surface area (TPSA) is 17.8 Å². The molecule has 0 radical (unpaired) electrons. The minimum atomic E-state index is -6.15. The molecule has 1 aromatic heterocycles. The smallest absolute Gasteiger partial charge is 0.272 e. The van der Waals surface area contributed by atoms with E-state index in [4.69, 9.17) is 0 Å². The molecule has 0 saturated carbocycles. The van der Waals surface area contributed by atoms with Crippen LogP contribution in [-0.4, -0.2) is 16.0 Å². The summed E-state index contributed by atoms with van der Waals surface area (Å²) in [6, 6.07) is 0. The molecule has 10 heteroatoms. The fraction of sp³-hybridized carbons (Fsp3) is 0.625. The number of rotatable bonds is 1. The van der Waals surface area contributed by atoms with E-state index < -0.39 is 35.2 Å². The summed E-state index contributed by atoms with van der Waals surface area (Å²) in [6.07, 6.45) is -11.5. The van der Waals surface area contributed by atoms with Gasteiger partial charge in [0.05, 0.1) is 0 Å². The molecule has 104 valence electrons. The van der Waals surface area contributed by atoms with Crippen LogP contribution in [-0.2, 0) is 19.1 Å². The Hall–Kier alpha value is -1.35. The maximum Gasteiger partial charge on any atom is 0.459 e. The van der Waals surface area contributed by atoms with E-state index >= 15 is 0 Å². The van der Waals surface area contributed by atoms with Crippen LogP contribution in [0, 0.1) is 6.92 Å². The lowest BCUT2D eigenvalue weighted by atomic mass is 10.1. The maximum atomic E-state index is 12.9. The maximum absolute atomic E-state index is 12.9. The molecule has 1 aromatic rings. The molecule has 0 aliphatic heterocycles. The van der Waals surface area contributed by atoms with Crippen LogP contribution in [0.1, 0.15) is 17.0 Å². The molecule has 1 heterocycles. The molecule has 0 amide bonds. The summed E-state index contributed by atoms with van der Waals surface area (Å²) < 4.78 is 99.9. The third-order valence-electron chi connectivity index (χ3n) is 2.27. The molecule has 1 rings (SSSR count). The molecule has 0 unspecified atom stereocenters. The number of aromatic nitrogens is 2. The van der Waals surface area contributed by atoms with E-state index in [2.05, 4.69) is 5.10 Å². The Morgan fingerprint density at radius 2 is 1.39 bits per heavy atom. The number of alkyl halides is 8. The van der Waals surface area contributed by atoms with Gasteiger partial charge in [0.25, 0.3) is 0 Å². The van der Waals surface area contributed by atoms with Gasteiger partial charge in [0.15, 0.2) is 5.69 Å². The molecule has 0 aliphatic rings. The highest BCUT2D eigenvalue weighted by Gasteiger charge is 2.63. The lowest BCUT2D eigenvalue weighted by molar-refractivity contribution is -0.292. The van der Waals surface area contributed by atoms with Crippen LogP contribution >= 0.6 is 0 Å². The van der Waals surface area contributed by atoms with Crippen molar-refractivity contribution in [2.75, 3.05) is 0 Å². The van der Waals surface area contributed by atoms with Gasteiger partial charge in [-0.2, -0.15) is 40.2 Å². The number of halogens is 8. The summed E-state index contributed by atoms with van der Waals surface area (Å²) >= 11 is 0. The van der Waals surface area contributed by atoms with Gasteiger partial charge in [-0.1, -0.05) is 0 Å². The number of hydrogen-bond acceptors (Lipinski definition) is 1. The molecular formula is C8H6F8N2. The molecule has 0 aliphatic carbocycles. The molecular weight excluding hydrogens is 276 g/mol. The van der Waals surface area contributed by atoms with Gasteiger partial charge in [-0.05, 0) is 6.92 Å². The highest BCUT2D eigenvalue weighted by molar-refractivity contribution is 5.32.